The van der Waals surface area contributed by atoms with E-state index >= 15 is 0 Å². The van der Waals surface area contributed by atoms with Crippen LogP contribution >= 0.6 is 24.0 Å². The van der Waals surface area contributed by atoms with Gasteiger partial charge < -0.3 is 24.8 Å². The van der Waals surface area contributed by atoms with Crippen LogP contribution in [-0.4, -0.2) is 53.8 Å². The molecule has 0 aliphatic carbocycles. The molecule has 156 valence electrons. The van der Waals surface area contributed by atoms with Crippen molar-refractivity contribution < 1.29 is 9.53 Å². The predicted octanol–water partition coefficient (Wildman–Crippen LogP) is 3.20. The van der Waals surface area contributed by atoms with Gasteiger partial charge in [0.1, 0.15) is 5.60 Å². The smallest absolute Gasteiger partial charge is 0.407 e. The lowest BCUT2D eigenvalue weighted by molar-refractivity contribution is 0.0491. The van der Waals surface area contributed by atoms with Crippen LogP contribution in [0.3, 0.4) is 0 Å². The molecule has 0 fully saturated rings. The van der Waals surface area contributed by atoms with Gasteiger partial charge in [-0.05, 0) is 38.8 Å². The molecule has 0 aliphatic rings. The van der Waals surface area contributed by atoms with E-state index in [1.165, 1.54) is 5.69 Å². The fourth-order valence-electron chi connectivity index (χ4n) is 2.48. The number of nitrogens with one attached hydrogen (secondary N) is 2. The summed E-state index contributed by atoms with van der Waals surface area (Å²) in [6.07, 6.45) is 1.63. The van der Waals surface area contributed by atoms with E-state index in [0.717, 1.165) is 12.5 Å². The number of guanidine groups is 1. The summed E-state index contributed by atoms with van der Waals surface area (Å²) in [5, 5.41) is 6.29. The molecule has 1 amide bonds. The molecule has 27 heavy (non-hydrogen) atoms. The number of halogens is 1. The Bertz CT molecular complexity index is 607. The fraction of sp³-hybridized carbons (Fsp3) is 0.684. The summed E-state index contributed by atoms with van der Waals surface area (Å²) < 4.78 is 7.45. The number of carbonyl (C=O) groups excluding carboxylic acids is 1. The first kappa shape index (κ1) is 25.6. The molecule has 1 atom stereocenters. The van der Waals surface area contributed by atoms with E-state index in [9.17, 15) is 4.79 Å². The van der Waals surface area contributed by atoms with E-state index in [2.05, 4.69) is 45.0 Å². The van der Waals surface area contributed by atoms with E-state index in [-0.39, 0.29) is 35.9 Å². The summed E-state index contributed by atoms with van der Waals surface area (Å²) in [4.78, 5) is 18.5. The Labute approximate surface area is 180 Å². The van der Waals surface area contributed by atoms with Gasteiger partial charge in [-0.3, -0.25) is 4.99 Å². The van der Waals surface area contributed by atoms with E-state index in [1.807, 2.05) is 47.1 Å². The molecule has 0 bridgehead atoms. The van der Waals surface area contributed by atoms with Crippen LogP contribution in [0.1, 0.15) is 40.3 Å². The summed E-state index contributed by atoms with van der Waals surface area (Å²) in [7, 11) is 5.78. The van der Waals surface area contributed by atoms with Crippen molar-refractivity contribution >= 4 is 36.0 Å². The lowest BCUT2D eigenvalue weighted by atomic mass is 10.0. The molecule has 0 spiro atoms. The molecule has 1 unspecified atom stereocenters. The Morgan fingerprint density at radius 1 is 1.37 bits per heavy atom. The molecule has 7 nitrogen and oxygen atoms in total. The molecule has 1 aromatic rings. The molecule has 1 heterocycles. The Morgan fingerprint density at radius 2 is 2.00 bits per heavy atom. The molecule has 0 aliphatic heterocycles. The van der Waals surface area contributed by atoms with Crippen molar-refractivity contribution in [2.45, 2.75) is 52.8 Å². The summed E-state index contributed by atoms with van der Waals surface area (Å²) >= 11 is 0. The standard InChI is InChI=1S/C19H35N5O2.HI/c1-14(2)16(22-18(25)26-19(3,4)5)12-21-17(20-6)24(8)13-15-10-9-11-23(15)7;/h9-11,14,16H,12-13H2,1-8H3,(H,20,21)(H,22,25);1H. The van der Waals surface area contributed by atoms with Crippen LogP contribution in [-0.2, 0) is 18.3 Å². The van der Waals surface area contributed by atoms with Crippen LogP contribution in [0.15, 0.2) is 23.3 Å². The van der Waals surface area contributed by atoms with E-state index in [1.54, 1.807) is 7.05 Å². The van der Waals surface area contributed by atoms with Gasteiger partial charge in [-0.2, -0.15) is 0 Å². The first-order chi connectivity index (χ1) is 12.0. The third-order valence-electron chi connectivity index (χ3n) is 4.01. The lowest BCUT2D eigenvalue weighted by Crippen LogP contribution is -2.50. The number of amides is 1. The number of aliphatic imine (C=N–C) groups is 1. The Balaban J connectivity index is 0.00000676. The molecular formula is C19H36IN5O2. The lowest BCUT2D eigenvalue weighted by Gasteiger charge is -2.28. The highest BCUT2D eigenvalue weighted by molar-refractivity contribution is 14.0. The molecule has 1 aromatic heterocycles. The molecule has 0 saturated carbocycles. The quantitative estimate of drug-likeness (QED) is 0.363. The van der Waals surface area contributed by atoms with Crippen molar-refractivity contribution in [2.24, 2.45) is 18.0 Å². The highest BCUT2D eigenvalue weighted by Crippen LogP contribution is 2.09. The maximum Gasteiger partial charge on any atom is 0.407 e. The van der Waals surface area contributed by atoms with Crippen LogP contribution in [0.4, 0.5) is 4.79 Å². The number of nitrogens with zero attached hydrogens (tertiary/aromatic N) is 3. The van der Waals surface area contributed by atoms with E-state index in [0.29, 0.717) is 6.54 Å². The zero-order valence-corrected chi connectivity index (χ0v) is 20.2. The molecule has 2 N–H and O–H groups in total. The van der Waals surface area contributed by atoms with Gasteiger partial charge in [-0.25, -0.2) is 4.79 Å². The number of hydrogen-bond donors (Lipinski definition) is 2. The van der Waals surface area contributed by atoms with Gasteiger partial charge in [0.2, 0.25) is 0 Å². The number of alkyl carbamates (subject to hydrolysis) is 1. The third-order valence-corrected chi connectivity index (χ3v) is 4.01. The molecule has 0 aromatic carbocycles. The van der Waals surface area contributed by atoms with Gasteiger partial charge in [0.05, 0.1) is 12.6 Å². The van der Waals surface area contributed by atoms with E-state index in [4.69, 9.17) is 4.74 Å². The zero-order valence-electron chi connectivity index (χ0n) is 17.9. The third kappa shape index (κ3) is 9.34. The van der Waals surface area contributed by atoms with Crippen molar-refractivity contribution in [3.8, 4) is 0 Å². The van der Waals surface area contributed by atoms with Gasteiger partial charge in [0.15, 0.2) is 5.96 Å². The number of aryl methyl sites for hydroxylation is 1. The Morgan fingerprint density at radius 3 is 2.44 bits per heavy atom. The van der Waals surface area contributed by atoms with Crippen molar-refractivity contribution in [1.82, 2.24) is 20.1 Å². The van der Waals surface area contributed by atoms with Gasteiger partial charge in [0, 0.05) is 39.6 Å². The average molecular weight is 493 g/mol. The Kier molecular flexibility index (Phi) is 10.8. The van der Waals surface area contributed by atoms with Crippen LogP contribution in [0.2, 0.25) is 0 Å². The van der Waals surface area contributed by atoms with Crippen molar-refractivity contribution in [1.29, 1.82) is 0 Å². The molecular weight excluding hydrogens is 457 g/mol. The SMILES string of the molecule is CN=C(NCC(NC(=O)OC(C)(C)C)C(C)C)N(C)Cc1cccn1C.I. The topological polar surface area (TPSA) is 70.9 Å². The van der Waals surface area contributed by atoms with Crippen molar-refractivity contribution in [2.75, 3.05) is 20.6 Å². The van der Waals surface area contributed by atoms with E-state index < -0.39 is 11.7 Å². The molecule has 0 saturated heterocycles. The first-order valence-electron chi connectivity index (χ1n) is 9.05. The number of hydrogen-bond acceptors (Lipinski definition) is 3. The maximum absolute atomic E-state index is 12.1. The first-order valence-corrected chi connectivity index (χ1v) is 9.05. The zero-order chi connectivity index (χ0) is 19.9. The summed E-state index contributed by atoms with van der Waals surface area (Å²) in [5.41, 5.74) is 0.687. The maximum atomic E-state index is 12.1. The normalized spacial score (nSPS) is 13.0. The van der Waals surface area contributed by atoms with Gasteiger partial charge in [-0.1, -0.05) is 13.8 Å². The minimum Gasteiger partial charge on any atom is -0.444 e. The number of rotatable bonds is 6. The highest BCUT2D eigenvalue weighted by Gasteiger charge is 2.22. The second kappa shape index (κ2) is 11.4. The monoisotopic (exact) mass is 493 g/mol. The average Bonchev–Trinajstić information content (AvgIpc) is 2.89. The van der Waals surface area contributed by atoms with Gasteiger partial charge in [-0.15, -0.1) is 24.0 Å². The number of aromatic nitrogens is 1. The largest absolute Gasteiger partial charge is 0.444 e. The Hall–Kier alpha value is -1.45. The minimum absolute atomic E-state index is 0. The summed E-state index contributed by atoms with van der Waals surface area (Å²) in [5.74, 6) is 1.04. The summed E-state index contributed by atoms with van der Waals surface area (Å²) in [6.45, 7) is 11.0. The number of carbonyl (C=O) groups is 1. The van der Waals surface area contributed by atoms with Gasteiger partial charge in [0.25, 0.3) is 0 Å². The fourth-order valence-corrected chi connectivity index (χ4v) is 2.48. The second-order valence-electron chi connectivity index (χ2n) is 7.89. The van der Waals surface area contributed by atoms with Crippen molar-refractivity contribution in [3.63, 3.8) is 0 Å². The highest BCUT2D eigenvalue weighted by atomic mass is 127. The van der Waals surface area contributed by atoms with Gasteiger partial charge >= 0.3 is 6.09 Å². The minimum atomic E-state index is -0.510. The van der Waals surface area contributed by atoms with Crippen molar-refractivity contribution in [3.05, 3.63) is 24.0 Å². The van der Waals surface area contributed by atoms with Crippen LogP contribution in [0.25, 0.3) is 0 Å². The molecule has 8 heteroatoms. The van der Waals surface area contributed by atoms with Crippen LogP contribution in [0, 0.1) is 5.92 Å². The molecule has 1 rings (SSSR count). The summed E-state index contributed by atoms with van der Waals surface area (Å²) in [6, 6.07) is 4.05. The van der Waals surface area contributed by atoms with Crippen LogP contribution < -0.4 is 10.6 Å². The van der Waals surface area contributed by atoms with Crippen LogP contribution in [0.5, 0.6) is 0 Å². The second-order valence-corrected chi connectivity index (χ2v) is 7.89. The predicted molar refractivity (Wildman–Crippen MR) is 122 cm³/mol. The number of ether oxygens (including phenoxy) is 1. The molecule has 0 radical (unpaired) electrons.